The molecule has 2 heterocycles. The number of benzene rings is 2. The van der Waals surface area contributed by atoms with E-state index in [4.69, 9.17) is 14.5 Å². The molecule has 32 heavy (non-hydrogen) atoms. The molecule has 0 bridgehead atoms. The molecule has 0 saturated carbocycles. The van der Waals surface area contributed by atoms with Crippen LogP contribution in [0.1, 0.15) is 23.1 Å². The predicted octanol–water partition coefficient (Wildman–Crippen LogP) is 5.99. The number of carbonyl (C=O) groups is 1. The number of aromatic nitrogens is 1. The fourth-order valence-corrected chi connectivity index (χ4v) is 5.50. The Labute approximate surface area is 195 Å². The molecular weight excluding hydrogens is 442 g/mol. The van der Waals surface area contributed by atoms with E-state index in [-0.39, 0.29) is 0 Å². The highest BCUT2D eigenvalue weighted by Crippen LogP contribution is 2.34. The molecule has 4 rings (SSSR count). The minimum Gasteiger partial charge on any atom is -0.492 e. The number of ether oxygens (including phenoxy) is 2. The minimum absolute atomic E-state index is 0.330. The number of thiophene rings is 1. The smallest absolute Gasteiger partial charge is 0.333 e. The lowest BCUT2D eigenvalue weighted by Crippen LogP contribution is -2.26. The van der Waals surface area contributed by atoms with Gasteiger partial charge in [0.05, 0.1) is 17.0 Å². The van der Waals surface area contributed by atoms with Gasteiger partial charge in [0, 0.05) is 29.9 Å². The molecule has 1 atom stereocenters. The molecule has 0 aliphatic heterocycles. The second-order valence-electron chi connectivity index (χ2n) is 7.36. The summed E-state index contributed by atoms with van der Waals surface area (Å²) < 4.78 is 12.6. The summed E-state index contributed by atoms with van der Waals surface area (Å²) in [5.41, 5.74) is 3.15. The summed E-state index contributed by atoms with van der Waals surface area (Å²) in [6.45, 7) is 4.80. The second-order valence-corrected chi connectivity index (χ2v) is 9.48. The van der Waals surface area contributed by atoms with Gasteiger partial charge in [-0.25, -0.2) is 9.78 Å². The Kier molecular flexibility index (Phi) is 7.19. The normalized spacial score (nSPS) is 12.2. The van der Waals surface area contributed by atoms with Gasteiger partial charge in [0.25, 0.3) is 0 Å². The van der Waals surface area contributed by atoms with Crippen molar-refractivity contribution in [2.45, 2.75) is 32.8 Å². The minimum atomic E-state index is -0.941. The van der Waals surface area contributed by atoms with E-state index in [1.165, 1.54) is 4.88 Å². The fourth-order valence-electron chi connectivity index (χ4n) is 3.63. The number of thiazole rings is 1. The predicted molar refractivity (Wildman–Crippen MR) is 130 cm³/mol. The zero-order valence-corrected chi connectivity index (χ0v) is 19.7. The number of fused-ring (bicyclic) bond motifs is 1. The van der Waals surface area contributed by atoms with E-state index >= 15 is 0 Å². The zero-order chi connectivity index (χ0) is 22.5. The molecule has 0 aliphatic carbocycles. The third kappa shape index (κ3) is 5.01. The first-order valence-electron chi connectivity index (χ1n) is 10.5. The van der Waals surface area contributed by atoms with Crippen LogP contribution in [0.4, 0.5) is 0 Å². The highest BCUT2D eigenvalue weighted by atomic mass is 32.1. The SMILES string of the molecule is CCOC(Cc1ccc(OCCc2nc(-c3ccccc3)sc2C)c2sccc12)C(=O)O. The summed E-state index contributed by atoms with van der Waals surface area (Å²) in [4.78, 5) is 17.5. The number of carboxylic acids is 1. The fraction of sp³-hybridized carbons (Fsp3) is 0.280. The zero-order valence-electron chi connectivity index (χ0n) is 18.0. The average Bonchev–Trinajstić information content (AvgIpc) is 3.43. The summed E-state index contributed by atoms with van der Waals surface area (Å²) >= 11 is 3.31. The van der Waals surface area contributed by atoms with Crippen LogP contribution in [-0.2, 0) is 22.4 Å². The van der Waals surface area contributed by atoms with E-state index in [1.807, 2.05) is 41.8 Å². The van der Waals surface area contributed by atoms with Crippen molar-refractivity contribution >= 4 is 38.7 Å². The van der Waals surface area contributed by atoms with Gasteiger partial charge in [0.1, 0.15) is 10.8 Å². The average molecular weight is 468 g/mol. The van der Waals surface area contributed by atoms with E-state index < -0.39 is 12.1 Å². The van der Waals surface area contributed by atoms with Crippen LogP contribution in [0.3, 0.4) is 0 Å². The summed E-state index contributed by atoms with van der Waals surface area (Å²) in [5, 5.41) is 13.5. The second kappa shape index (κ2) is 10.3. The van der Waals surface area contributed by atoms with Crippen molar-refractivity contribution < 1.29 is 19.4 Å². The van der Waals surface area contributed by atoms with Crippen molar-refractivity contribution in [3.05, 3.63) is 70.0 Å². The van der Waals surface area contributed by atoms with E-state index in [1.54, 1.807) is 29.6 Å². The molecule has 166 valence electrons. The number of rotatable bonds is 10. The van der Waals surface area contributed by atoms with Crippen LogP contribution in [0.5, 0.6) is 5.75 Å². The molecule has 0 spiro atoms. The molecule has 2 aromatic carbocycles. The van der Waals surface area contributed by atoms with Gasteiger partial charge in [-0.05, 0) is 42.3 Å². The van der Waals surface area contributed by atoms with Gasteiger partial charge < -0.3 is 14.6 Å². The van der Waals surface area contributed by atoms with Crippen molar-refractivity contribution in [2.24, 2.45) is 0 Å². The molecule has 4 aromatic rings. The van der Waals surface area contributed by atoms with Crippen molar-refractivity contribution in [1.82, 2.24) is 4.98 Å². The van der Waals surface area contributed by atoms with Gasteiger partial charge in [-0.3, -0.25) is 0 Å². The molecular formula is C25H25NO4S2. The summed E-state index contributed by atoms with van der Waals surface area (Å²) in [5.74, 6) is -0.123. The Morgan fingerprint density at radius 1 is 1.16 bits per heavy atom. The van der Waals surface area contributed by atoms with E-state index in [0.717, 1.165) is 44.1 Å². The van der Waals surface area contributed by atoms with Crippen LogP contribution in [0.25, 0.3) is 20.7 Å². The van der Waals surface area contributed by atoms with Gasteiger partial charge in [-0.15, -0.1) is 22.7 Å². The van der Waals surface area contributed by atoms with Crippen LogP contribution in [-0.4, -0.2) is 35.4 Å². The lowest BCUT2D eigenvalue weighted by molar-refractivity contribution is -0.149. The molecule has 0 fully saturated rings. The molecule has 1 unspecified atom stereocenters. The van der Waals surface area contributed by atoms with Gasteiger partial charge >= 0.3 is 5.97 Å². The van der Waals surface area contributed by atoms with Crippen LogP contribution in [0, 0.1) is 6.92 Å². The molecule has 5 nitrogen and oxygen atoms in total. The summed E-state index contributed by atoms with van der Waals surface area (Å²) in [6.07, 6.45) is 0.216. The lowest BCUT2D eigenvalue weighted by Gasteiger charge is -2.14. The first-order chi connectivity index (χ1) is 15.6. The molecule has 0 amide bonds. The molecule has 7 heteroatoms. The van der Waals surface area contributed by atoms with Crippen molar-refractivity contribution in [3.63, 3.8) is 0 Å². The summed E-state index contributed by atoms with van der Waals surface area (Å²) in [6, 6.07) is 16.1. The van der Waals surface area contributed by atoms with Crippen molar-refractivity contribution in [3.8, 4) is 16.3 Å². The quantitative estimate of drug-likeness (QED) is 0.310. The van der Waals surface area contributed by atoms with E-state index in [2.05, 4.69) is 19.1 Å². The van der Waals surface area contributed by atoms with Crippen LogP contribution < -0.4 is 4.74 Å². The van der Waals surface area contributed by atoms with Gasteiger partial charge in [-0.1, -0.05) is 36.4 Å². The monoisotopic (exact) mass is 467 g/mol. The number of hydrogen-bond acceptors (Lipinski definition) is 6. The van der Waals surface area contributed by atoms with E-state index in [9.17, 15) is 9.90 Å². The number of hydrogen-bond donors (Lipinski definition) is 1. The Bertz CT molecular complexity index is 1200. The highest BCUT2D eigenvalue weighted by molar-refractivity contribution is 7.17. The maximum Gasteiger partial charge on any atom is 0.333 e. The Morgan fingerprint density at radius 3 is 2.72 bits per heavy atom. The molecule has 1 N–H and O–H groups in total. The van der Waals surface area contributed by atoms with Crippen LogP contribution in [0.2, 0.25) is 0 Å². The number of aryl methyl sites for hydroxylation is 1. The molecule has 0 aliphatic rings. The number of nitrogens with zero attached hydrogens (tertiary/aromatic N) is 1. The first kappa shape index (κ1) is 22.5. The Morgan fingerprint density at radius 2 is 1.97 bits per heavy atom. The molecule has 0 radical (unpaired) electrons. The number of aliphatic carboxylic acids is 1. The lowest BCUT2D eigenvalue weighted by atomic mass is 10.0. The standard InChI is InChI=1S/C25H25NO4S2/c1-3-29-22(25(27)28)15-18-9-10-21(23-19(18)12-14-31-23)30-13-11-20-16(2)32-24(26-20)17-7-5-4-6-8-17/h4-10,12,14,22H,3,11,13,15H2,1-2H3,(H,27,28). The molecule has 2 aromatic heterocycles. The Hall–Kier alpha value is -2.74. The Balaban J connectivity index is 1.45. The van der Waals surface area contributed by atoms with Gasteiger partial charge in [-0.2, -0.15) is 0 Å². The first-order valence-corrected chi connectivity index (χ1v) is 12.2. The van der Waals surface area contributed by atoms with Crippen LogP contribution >= 0.6 is 22.7 Å². The van der Waals surface area contributed by atoms with Crippen LogP contribution in [0.15, 0.2) is 53.9 Å². The number of carboxylic acid groups (broad SMARTS) is 1. The van der Waals surface area contributed by atoms with Gasteiger partial charge in [0.15, 0.2) is 6.10 Å². The van der Waals surface area contributed by atoms with Gasteiger partial charge in [0.2, 0.25) is 0 Å². The summed E-state index contributed by atoms with van der Waals surface area (Å²) in [7, 11) is 0. The molecule has 0 saturated heterocycles. The largest absolute Gasteiger partial charge is 0.492 e. The van der Waals surface area contributed by atoms with Crippen molar-refractivity contribution in [1.29, 1.82) is 0 Å². The third-order valence-corrected chi connectivity index (χ3v) is 7.22. The maximum atomic E-state index is 11.5. The topological polar surface area (TPSA) is 68.7 Å². The third-order valence-electron chi connectivity index (χ3n) is 5.23. The van der Waals surface area contributed by atoms with E-state index in [0.29, 0.717) is 19.6 Å². The van der Waals surface area contributed by atoms with Crippen molar-refractivity contribution in [2.75, 3.05) is 13.2 Å². The highest BCUT2D eigenvalue weighted by Gasteiger charge is 2.20. The maximum absolute atomic E-state index is 11.5.